The smallest absolute Gasteiger partial charge is 0.257 e. The van der Waals surface area contributed by atoms with Crippen molar-refractivity contribution in [1.29, 1.82) is 0 Å². The topological polar surface area (TPSA) is 69.3 Å². The SMILES string of the molecule is O=C(CN1CCCC(O)C1)N1N=C(c2ccc(Cl)cc2)CC1c1ccco1. The third-order valence-electron chi connectivity index (χ3n) is 5.05. The van der Waals surface area contributed by atoms with Crippen molar-refractivity contribution < 1.29 is 14.3 Å². The van der Waals surface area contributed by atoms with Crippen LogP contribution in [-0.2, 0) is 4.79 Å². The van der Waals surface area contributed by atoms with E-state index in [0.717, 1.165) is 36.4 Å². The first-order valence-corrected chi connectivity index (χ1v) is 9.57. The number of hydrazone groups is 1. The number of carbonyl (C=O) groups is 1. The molecule has 27 heavy (non-hydrogen) atoms. The Labute approximate surface area is 163 Å². The molecule has 1 amide bonds. The molecular weight excluding hydrogens is 366 g/mol. The van der Waals surface area contributed by atoms with Gasteiger partial charge in [-0.15, -0.1) is 0 Å². The highest BCUT2D eigenvalue weighted by molar-refractivity contribution is 6.30. The molecule has 3 heterocycles. The van der Waals surface area contributed by atoms with Gasteiger partial charge >= 0.3 is 0 Å². The maximum absolute atomic E-state index is 13.0. The Morgan fingerprint density at radius 1 is 1.30 bits per heavy atom. The van der Waals surface area contributed by atoms with Crippen molar-refractivity contribution in [2.75, 3.05) is 19.6 Å². The molecule has 2 aliphatic rings. The summed E-state index contributed by atoms with van der Waals surface area (Å²) >= 11 is 5.98. The van der Waals surface area contributed by atoms with Gasteiger partial charge in [-0.25, -0.2) is 5.01 Å². The first kappa shape index (κ1) is 18.2. The third-order valence-corrected chi connectivity index (χ3v) is 5.31. The van der Waals surface area contributed by atoms with Crippen LogP contribution < -0.4 is 0 Å². The number of aliphatic hydroxyl groups is 1. The molecule has 0 spiro atoms. The van der Waals surface area contributed by atoms with Crippen LogP contribution in [0.25, 0.3) is 0 Å². The van der Waals surface area contributed by atoms with E-state index in [1.54, 1.807) is 6.26 Å². The van der Waals surface area contributed by atoms with Gasteiger partial charge in [0.05, 0.1) is 24.6 Å². The third kappa shape index (κ3) is 4.08. The molecule has 1 fully saturated rings. The van der Waals surface area contributed by atoms with Crippen LogP contribution in [0, 0.1) is 0 Å². The second kappa shape index (κ2) is 7.84. The molecule has 1 N–H and O–H groups in total. The van der Waals surface area contributed by atoms with E-state index >= 15 is 0 Å². The normalized spacial score (nSPS) is 23.5. The molecule has 7 heteroatoms. The fraction of sp³-hybridized carbons (Fsp3) is 0.400. The Kier molecular flexibility index (Phi) is 5.29. The number of likely N-dealkylation sites (tertiary alicyclic amines) is 1. The maximum Gasteiger partial charge on any atom is 0.257 e. The van der Waals surface area contributed by atoms with Crippen LogP contribution in [0.1, 0.15) is 36.6 Å². The summed E-state index contributed by atoms with van der Waals surface area (Å²) in [4.78, 5) is 15.0. The van der Waals surface area contributed by atoms with Crippen molar-refractivity contribution in [3.05, 3.63) is 59.0 Å². The van der Waals surface area contributed by atoms with E-state index in [4.69, 9.17) is 16.0 Å². The summed E-state index contributed by atoms with van der Waals surface area (Å²) < 4.78 is 5.57. The number of amides is 1. The van der Waals surface area contributed by atoms with Crippen LogP contribution in [0.15, 0.2) is 52.2 Å². The van der Waals surface area contributed by atoms with Crippen molar-refractivity contribution in [3.63, 3.8) is 0 Å². The number of nitrogens with zero attached hydrogens (tertiary/aromatic N) is 3. The number of hydrogen-bond acceptors (Lipinski definition) is 5. The minimum Gasteiger partial charge on any atom is -0.467 e. The van der Waals surface area contributed by atoms with E-state index in [2.05, 4.69) is 5.10 Å². The molecule has 2 unspecified atom stereocenters. The average Bonchev–Trinajstić information content (AvgIpc) is 3.32. The molecule has 0 bridgehead atoms. The monoisotopic (exact) mass is 387 g/mol. The van der Waals surface area contributed by atoms with Crippen LogP contribution in [0.2, 0.25) is 5.02 Å². The number of hydrogen-bond donors (Lipinski definition) is 1. The summed E-state index contributed by atoms with van der Waals surface area (Å²) in [5.74, 6) is 0.629. The molecule has 2 aliphatic heterocycles. The lowest BCUT2D eigenvalue weighted by atomic mass is 10.0. The fourth-order valence-electron chi connectivity index (χ4n) is 3.70. The maximum atomic E-state index is 13.0. The highest BCUT2D eigenvalue weighted by Gasteiger charge is 2.35. The van der Waals surface area contributed by atoms with Gasteiger partial charge in [0.25, 0.3) is 5.91 Å². The van der Waals surface area contributed by atoms with Gasteiger partial charge in [-0.3, -0.25) is 9.69 Å². The molecular formula is C20H22ClN3O3. The van der Waals surface area contributed by atoms with E-state index < -0.39 is 0 Å². The summed E-state index contributed by atoms with van der Waals surface area (Å²) in [7, 11) is 0. The molecule has 0 radical (unpaired) electrons. The predicted molar refractivity (Wildman–Crippen MR) is 103 cm³/mol. The molecule has 1 aromatic carbocycles. The van der Waals surface area contributed by atoms with E-state index in [0.29, 0.717) is 18.0 Å². The van der Waals surface area contributed by atoms with Crippen molar-refractivity contribution in [3.8, 4) is 0 Å². The number of halogens is 1. The second-order valence-corrected chi connectivity index (χ2v) is 7.49. The molecule has 2 aromatic rings. The van der Waals surface area contributed by atoms with E-state index in [1.165, 1.54) is 5.01 Å². The van der Waals surface area contributed by atoms with Crippen molar-refractivity contribution in [1.82, 2.24) is 9.91 Å². The van der Waals surface area contributed by atoms with Gasteiger partial charge in [0.1, 0.15) is 11.8 Å². The predicted octanol–water partition coefficient (Wildman–Crippen LogP) is 3.07. The molecule has 0 saturated carbocycles. The van der Waals surface area contributed by atoms with Gasteiger partial charge in [0.2, 0.25) is 0 Å². The highest BCUT2D eigenvalue weighted by Crippen LogP contribution is 2.33. The van der Waals surface area contributed by atoms with Crippen LogP contribution in [0.5, 0.6) is 0 Å². The number of carbonyl (C=O) groups excluding carboxylic acids is 1. The molecule has 142 valence electrons. The zero-order valence-electron chi connectivity index (χ0n) is 14.9. The minimum absolute atomic E-state index is 0.0885. The summed E-state index contributed by atoms with van der Waals surface area (Å²) in [5.41, 5.74) is 1.78. The zero-order valence-corrected chi connectivity index (χ0v) is 15.7. The van der Waals surface area contributed by atoms with Crippen LogP contribution >= 0.6 is 11.6 Å². The number of furan rings is 1. The molecule has 4 rings (SSSR count). The Hall–Kier alpha value is -2.15. The standard InChI is InChI=1S/C20H22ClN3O3/c21-15-7-5-14(6-8-15)17-11-18(19-4-2-10-27-19)24(22-17)20(26)13-23-9-1-3-16(25)12-23/h2,4-8,10,16,18,25H,1,3,9,11-13H2. The van der Waals surface area contributed by atoms with Crippen LogP contribution in [-0.4, -0.2) is 52.4 Å². The van der Waals surface area contributed by atoms with Gasteiger partial charge in [0.15, 0.2) is 0 Å². The number of aliphatic hydroxyl groups excluding tert-OH is 1. The summed E-state index contributed by atoms with van der Waals surface area (Å²) in [5, 5.41) is 16.7. The lowest BCUT2D eigenvalue weighted by Crippen LogP contribution is -2.44. The molecule has 1 saturated heterocycles. The fourth-order valence-corrected chi connectivity index (χ4v) is 3.82. The summed E-state index contributed by atoms with van der Waals surface area (Å²) in [6.45, 7) is 1.58. The largest absolute Gasteiger partial charge is 0.467 e. The number of piperidine rings is 1. The first-order chi connectivity index (χ1) is 13.1. The highest BCUT2D eigenvalue weighted by atomic mass is 35.5. The molecule has 2 atom stereocenters. The minimum atomic E-state index is -0.362. The number of rotatable bonds is 4. The molecule has 1 aromatic heterocycles. The van der Waals surface area contributed by atoms with Gasteiger partial charge in [-0.05, 0) is 49.2 Å². The molecule has 0 aliphatic carbocycles. The van der Waals surface area contributed by atoms with Gasteiger partial charge in [0, 0.05) is 18.0 Å². The lowest BCUT2D eigenvalue weighted by Gasteiger charge is -2.31. The van der Waals surface area contributed by atoms with Crippen molar-refractivity contribution >= 4 is 23.2 Å². The van der Waals surface area contributed by atoms with E-state index in [1.807, 2.05) is 41.3 Å². The Bertz CT molecular complexity index is 820. The van der Waals surface area contributed by atoms with Gasteiger partial charge in [-0.1, -0.05) is 23.7 Å². The van der Waals surface area contributed by atoms with Gasteiger partial charge in [-0.2, -0.15) is 5.10 Å². The van der Waals surface area contributed by atoms with Crippen LogP contribution in [0.4, 0.5) is 0 Å². The van der Waals surface area contributed by atoms with E-state index in [9.17, 15) is 9.90 Å². The number of β-amino-alcohol motifs (C(OH)–C–C–N with tert-alkyl or cyclic N) is 1. The zero-order chi connectivity index (χ0) is 18.8. The van der Waals surface area contributed by atoms with Crippen molar-refractivity contribution in [2.24, 2.45) is 5.10 Å². The first-order valence-electron chi connectivity index (χ1n) is 9.19. The molecule has 6 nitrogen and oxygen atoms in total. The van der Waals surface area contributed by atoms with Crippen LogP contribution in [0.3, 0.4) is 0 Å². The Morgan fingerprint density at radius 2 is 2.11 bits per heavy atom. The summed E-state index contributed by atoms with van der Waals surface area (Å²) in [6.07, 6.45) is 3.53. The number of benzene rings is 1. The Balaban J connectivity index is 1.55. The Morgan fingerprint density at radius 3 is 2.81 bits per heavy atom. The summed E-state index contributed by atoms with van der Waals surface area (Å²) in [6, 6.07) is 10.9. The quantitative estimate of drug-likeness (QED) is 0.875. The van der Waals surface area contributed by atoms with Crippen molar-refractivity contribution in [2.45, 2.75) is 31.4 Å². The van der Waals surface area contributed by atoms with Gasteiger partial charge < -0.3 is 9.52 Å². The van der Waals surface area contributed by atoms with E-state index in [-0.39, 0.29) is 24.6 Å². The lowest BCUT2D eigenvalue weighted by molar-refractivity contribution is -0.135. The average molecular weight is 388 g/mol. The second-order valence-electron chi connectivity index (χ2n) is 7.06.